The van der Waals surface area contributed by atoms with Gasteiger partial charge < -0.3 is 43.4 Å². The second kappa shape index (κ2) is 69.8. The number of hydrogen-bond acceptors (Lipinski definition) is 13. The van der Waals surface area contributed by atoms with Crippen molar-refractivity contribution < 1.29 is 82.6 Å². The van der Waals surface area contributed by atoms with Gasteiger partial charge in [-0.3, -0.25) is 4.79 Å². The van der Waals surface area contributed by atoms with Crippen molar-refractivity contribution in [1.29, 1.82) is 0 Å². The van der Waals surface area contributed by atoms with Crippen LogP contribution >= 0.6 is 115 Å². The Hall–Kier alpha value is -8.86. The number of methoxy groups -OCH3 is 6. The normalized spacial score (nSPS) is 10.0. The molecular formula is C121H103B2Br3Cl2F2K2NO11P4PdS. The third kappa shape index (κ3) is 36.4. The topological polar surface area (TPSA) is 155 Å². The van der Waals surface area contributed by atoms with Crippen LogP contribution in [0.25, 0.3) is 43.4 Å². The second-order valence-corrected chi connectivity index (χ2v) is 43.2. The molecule has 0 saturated heterocycles. The summed E-state index contributed by atoms with van der Waals surface area (Å²) >= 11 is 25.0. The van der Waals surface area contributed by atoms with E-state index in [4.69, 9.17) is 71.7 Å². The number of nitrogens with zero attached hydrogens (tertiary/aromatic N) is 1. The molecule has 29 heteroatoms. The van der Waals surface area contributed by atoms with Crippen molar-refractivity contribution in [2.75, 3.05) is 42.7 Å². The molecule has 0 aliphatic rings. The number of thiol groups is 1. The maximum Gasteiger partial charge on any atom is 0 e. The molecule has 0 saturated carbocycles. The molecule has 751 valence electrons. The molecule has 150 heavy (non-hydrogen) atoms. The molecule has 0 bridgehead atoms. The first-order chi connectivity index (χ1) is 71.9. The zero-order valence-electron chi connectivity index (χ0n) is 83.2. The van der Waals surface area contributed by atoms with E-state index in [1.165, 1.54) is 87.9 Å². The Labute approximate surface area is 1020 Å². The van der Waals surface area contributed by atoms with Gasteiger partial charge >= 0.3 is 38.3 Å². The average Bonchev–Trinajstić information content (AvgIpc) is 0.749. The first-order valence-corrected chi connectivity index (χ1v) is 54.6. The van der Waals surface area contributed by atoms with E-state index in [1.54, 1.807) is 54.8 Å². The molecule has 0 aromatic heterocycles. The minimum absolute atomic E-state index is 0. The first-order valence-electron chi connectivity index (χ1n) is 45.7. The maximum absolute atomic E-state index is 14.6. The van der Waals surface area contributed by atoms with Crippen molar-refractivity contribution in [1.82, 2.24) is 0 Å². The standard InChI is InChI=1S/C18H13BrClFO2.4C18H15P.C12H10Br2O2.C12H12O2.C6H5BClFO2.CH2O3.BHNS.2K.Pd/c1-22-17-10-6-3-4-7-11(10)18(23-2)15(19)14(17)12-8-5-9-13(20)16(12)21;4*1-4-10-16(11-5-1)19(17-12-6-2-7-13-17)18-14-8-3-9-15-18;1-15-11-7-5-3-4-6-8(7)12(16-2)10(14)9(11)13;1-13-11-7-8-12(14-2)10-6-4-3-5-9(10)11;8-5-3-1-2-4(6(5)9)7(10)11;2-1-4-3;1-2-3;;;/h3-9H,1-2H3;4*1-15H;3-6H,1-2H3;3-8H,1-2H3;1-3,10-11H;1,3H;3H;;;. The van der Waals surface area contributed by atoms with Gasteiger partial charge in [-0.25, -0.2) is 14.0 Å². The molecular weight excluding hydrogens is 2350 g/mol. The Bertz CT molecular complexity index is 6470. The Kier molecular flexibility index (Phi) is 58.8. The van der Waals surface area contributed by atoms with Crippen molar-refractivity contribution in [3.05, 3.63) is 520 Å². The van der Waals surface area contributed by atoms with Gasteiger partial charge in [-0.15, -0.1) is 0 Å². The predicted molar refractivity (Wildman–Crippen MR) is 645 cm³/mol. The molecule has 0 unspecified atom stereocenters. The van der Waals surface area contributed by atoms with Gasteiger partial charge in [0, 0.05) is 172 Å². The number of hydrogen-bond donors (Lipinski definition) is 4. The number of carbonyl (C=O) groups is 1. The van der Waals surface area contributed by atoms with Gasteiger partial charge in [-0.2, -0.15) is 0 Å². The fourth-order valence-corrected chi connectivity index (χ4v) is 26.9. The van der Waals surface area contributed by atoms with Gasteiger partial charge in [0.15, 0.2) is 0 Å². The summed E-state index contributed by atoms with van der Waals surface area (Å²) < 4.78 is 64.9. The SMILES string of the molecule is COc1c(Br)c(-c2cccc(Cl)c2F)c(OC)c2ccccc12.COc1c(Br)c(Br)c(OC)c2ccccc12.COc1ccc(OC)c2ccccc12.O=COO.OB(O)c1cccc(Cl)c1F.[B]=NS.[K].[K].[Pd].c1ccc(P(c2ccccc2)c2ccccc2)cc1.c1ccc(P(c2ccccc2)c2ccccc2)cc1.c1ccc(P(c2ccccc2)c2ccccc2)cc1.c1ccc(P(c2ccccc2)c2ccccc2)cc1. The molecule has 0 fully saturated rings. The number of fused-ring (bicyclic) bond motifs is 3. The van der Waals surface area contributed by atoms with Crippen LogP contribution in [0.5, 0.6) is 34.5 Å². The van der Waals surface area contributed by atoms with Gasteiger partial charge in [0.25, 0.3) is 0 Å². The summed E-state index contributed by atoms with van der Waals surface area (Å²) in [7, 11) is 10.5. The predicted octanol–water partition coefficient (Wildman–Crippen LogP) is 26.3. The van der Waals surface area contributed by atoms with Gasteiger partial charge in [0.1, 0.15) is 46.1 Å². The first kappa shape index (κ1) is 126. The van der Waals surface area contributed by atoms with Crippen LogP contribution in [-0.4, -0.2) is 182 Å². The number of rotatable bonds is 21. The summed E-state index contributed by atoms with van der Waals surface area (Å²) in [5.74, 6) is 3.27. The van der Waals surface area contributed by atoms with Crippen molar-refractivity contribution in [2.24, 2.45) is 4.30 Å². The molecule has 0 atom stereocenters. The minimum atomic E-state index is -1.81. The Morgan fingerprint density at radius 3 is 0.673 bits per heavy atom. The Morgan fingerprint density at radius 2 is 0.480 bits per heavy atom. The smallest absolute Gasteiger partial charge is 0 e. The molecule has 0 aliphatic carbocycles. The summed E-state index contributed by atoms with van der Waals surface area (Å²) in [6.45, 7) is -0.0694. The maximum atomic E-state index is 14.6. The number of benzene rings is 20. The summed E-state index contributed by atoms with van der Waals surface area (Å²) in [6, 6.07) is 166. The molecule has 20 aromatic rings. The fraction of sp³-hybridized carbons (Fsp3) is 0.0496. The van der Waals surface area contributed by atoms with Crippen molar-refractivity contribution in [3.8, 4) is 45.6 Å². The number of ether oxygens (including phenoxy) is 6. The van der Waals surface area contributed by atoms with E-state index in [2.05, 4.69) is 441 Å². The van der Waals surface area contributed by atoms with Crippen LogP contribution in [0, 0.1) is 11.6 Å². The largest absolute Gasteiger partial charge is 0.0622 e. The average molecular weight is 2460 g/mol. The fourth-order valence-electron chi connectivity index (χ4n) is 15.4. The van der Waals surface area contributed by atoms with Crippen LogP contribution in [-0.2, 0) is 30.1 Å². The van der Waals surface area contributed by atoms with Crippen molar-refractivity contribution >= 4 is 341 Å². The zero-order valence-corrected chi connectivity index (χ0v) is 102. The van der Waals surface area contributed by atoms with E-state index in [0.717, 1.165) is 64.3 Å². The van der Waals surface area contributed by atoms with E-state index in [-0.39, 0.29) is 145 Å². The Morgan fingerprint density at radius 1 is 0.293 bits per heavy atom. The van der Waals surface area contributed by atoms with Crippen LogP contribution < -0.4 is 97.5 Å². The van der Waals surface area contributed by atoms with Gasteiger partial charge in [-0.1, -0.05) is 484 Å². The van der Waals surface area contributed by atoms with Crippen LogP contribution in [0.4, 0.5) is 8.78 Å². The number of halogens is 7. The van der Waals surface area contributed by atoms with E-state index in [1.807, 2.05) is 84.9 Å². The van der Waals surface area contributed by atoms with Gasteiger partial charge in [-0.05, 0) is 167 Å². The molecule has 0 spiro atoms. The molecule has 0 heterocycles. The third-order valence-corrected chi connectivity index (χ3v) is 35.0. The molecule has 20 aromatic carbocycles. The van der Waals surface area contributed by atoms with E-state index < -0.39 is 50.4 Å². The van der Waals surface area contributed by atoms with E-state index >= 15 is 0 Å². The Balaban J connectivity index is 0.000000207. The molecule has 0 aliphatic heterocycles. The molecule has 20 rings (SSSR count). The van der Waals surface area contributed by atoms with E-state index in [0.29, 0.717) is 27.1 Å². The zero-order chi connectivity index (χ0) is 104. The minimum Gasteiger partial charge on any atom is -0.0622 e. The molecule has 3 radical (unpaired) electrons. The van der Waals surface area contributed by atoms with Crippen LogP contribution in [0.2, 0.25) is 10.0 Å². The van der Waals surface area contributed by atoms with E-state index in [9.17, 15) is 8.78 Å². The van der Waals surface area contributed by atoms with Gasteiger partial charge in [0.2, 0.25) is 0 Å². The van der Waals surface area contributed by atoms with Crippen LogP contribution in [0.15, 0.2) is 503 Å². The molecule has 12 nitrogen and oxygen atoms in total. The second-order valence-electron chi connectivity index (χ2n) is 30.9. The third-order valence-electron chi connectivity index (χ3n) is 21.9. The molecule has 3 N–H and O–H groups in total. The summed E-state index contributed by atoms with van der Waals surface area (Å²) in [4.78, 5) is 11.6. The van der Waals surface area contributed by atoms with Gasteiger partial charge in [0.05, 0.1) is 66.1 Å². The molecule has 0 amide bonds. The van der Waals surface area contributed by atoms with Crippen molar-refractivity contribution in [3.63, 3.8) is 0 Å². The summed E-state index contributed by atoms with van der Waals surface area (Å²) in [5, 5.41) is 46.8. The monoisotopic (exact) mass is 2450 g/mol. The number of carbonyl (C=O) groups excluding carboxylic acids is 1. The summed E-state index contributed by atoms with van der Waals surface area (Å²) in [5.41, 5.74) is 0.714. The van der Waals surface area contributed by atoms with Crippen LogP contribution in [0.1, 0.15) is 0 Å². The van der Waals surface area contributed by atoms with Crippen LogP contribution in [0.3, 0.4) is 0 Å². The van der Waals surface area contributed by atoms with Crippen molar-refractivity contribution in [2.45, 2.75) is 0 Å². The summed E-state index contributed by atoms with van der Waals surface area (Å²) in [6.07, 6.45) is 0. The quantitative estimate of drug-likeness (QED) is 0.0136.